The van der Waals surface area contributed by atoms with Gasteiger partial charge in [-0.15, -0.1) is 0 Å². The fraction of sp³-hybridized carbons (Fsp3) is 0.889. The molecule has 2 heterocycles. The van der Waals surface area contributed by atoms with Gasteiger partial charge in [0.1, 0.15) is 0 Å². The Balaban J connectivity index is 2.11. The molecule has 2 aliphatic rings. The van der Waals surface area contributed by atoms with Gasteiger partial charge in [-0.3, -0.25) is 10.2 Å². The van der Waals surface area contributed by atoms with E-state index in [-0.39, 0.29) is 17.4 Å². The second kappa shape index (κ2) is 2.96. The van der Waals surface area contributed by atoms with Crippen molar-refractivity contribution >= 4 is 5.91 Å². The van der Waals surface area contributed by atoms with Crippen LogP contribution >= 0.6 is 0 Å². The van der Waals surface area contributed by atoms with Crippen LogP contribution in [0.1, 0.15) is 20.3 Å². The minimum absolute atomic E-state index is 0.00704. The summed E-state index contributed by atoms with van der Waals surface area (Å²) < 4.78 is 0. The van der Waals surface area contributed by atoms with Crippen molar-refractivity contribution in [1.29, 1.82) is 0 Å². The number of rotatable bonds is 1. The molecule has 2 unspecified atom stereocenters. The maximum Gasteiger partial charge on any atom is 0.238 e. The number of carbonyl (C=O) groups excluding carboxylic acids is 1. The van der Waals surface area contributed by atoms with Crippen molar-refractivity contribution in [3.63, 3.8) is 0 Å². The van der Waals surface area contributed by atoms with Gasteiger partial charge in [0.2, 0.25) is 5.91 Å². The summed E-state index contributed by atoms with van der Waals surface area (Å²) >= 11 is 0. The Morgan fingerprint density at radius 1 is 1.69 bits per heavy atom. The summed E-state index contributed by atoms with van der Waals surface area (Å²) in [4.78, 5) is 13.7. The number of hydrazine groups is 1. The zero-order valence-corrected chi connectivity index (χ0v) is 8.26. The van der Waals surface area contributed by atoms with Crippen LogP contribution in [0.25, 0.3) is 0 Å². The molecular formula is C9H17N3O. The van der Waals surface area contributed by atoms with Gasteiger partial charge in [0.15, 0.2) is 0 Å². The second-order valence-corrected chi connectivity index (χ2v) is 4.11. The number of carbonyl (C=O) groups is 1. The molecule has 2 atom stereocenters. The Morgan fingerprint density at radius 3 is 2.92 bits per heavy atom. The first-order valence-electron chi connectivity index (χ1n) is 4.97. The molecule has 2 rings (SSSR count). The van der Waals surface area contributed by atoms with E-state index in [0.717, 1.165) is 26.1 Å². The third-order valence-corrected chi connectivity index (χ3v) is 3.48. The monoisotopic (exact) mass is 183 g/mol. The average molecular weight is 183 g/mol. The van der Waals surface area contributed by atoms with E-state index >= 15 is 0 Å². The molecule has 0 aromatic carbocycles. The van der Waals surface area contributed by atoms with E-state index in [1.165, 1.54) is 0 Å². The number of hydrogen-bond acceptors (Lipinski definition) is 3. The smallest absolute Gasteiger partial charge is 0.238 e. The molecular weight excluding hydrogens is 166 g/mol. The lowest BCUT2D eigenvalue weighted by atomic mass is 9.86. The molecule has 1 spiro atoms. The molecule has 0 saturated carbocycles. The molecule has 0 aromatic rings. The molecule has 0 bridgehead atoms. The topological polar surface area (TPSA) is 44.4 Å². The Bertz CT molecular complexity index is 231. The van der Waals surface area contributed by atoms with Crippen LogP contribution < -0.4 is 10.9 Å². The lowest BCUT2D eigenvalue weighted by Crippen LogP contribution is -2.48. The van der Waals surface area contributed by atoms with Gasteiger partial charge < -0.3 is 4.90 Å². The zero-order chi connectivity index (χ0) is 9.47. The van der Waals surface area contributed by atoms with Crippen molar-refractivity contribution in [2.75, 3.05) is 19.6 Å². The summed E-state index contributed by atoms with van der Waals surface area (Å²) in [7, 11) is 0. The summed E-state index contributed by atoms with van der Waals surface area (Å²) in [5.41, 5.74) is 5.89. The summed E-state index contributed by atoms with van der Waals surface area (Å²) in [6.07, 6.45) is 1.07. The van der Waals surface area contributed by atoms with E-state index in [4.69, 9.17) is 0 Å². The SMILES string of the molecule is CCN1CCC2(C1)NNC(=O)C2C. The van der Waals surface area contributed by atoms with Gasteiger partial charge in [-0.05, 0) is 13.0 Å². The second-order valence-electron chi connectivity index (χ2n) is 4.11. The summed E-state index contributed by atoms with van der Waals surface area (Å²) in [5, 5.41) is 0. The molecule has 2 saturated heterocycles. The van der Waals surface area contributed by atoms with Crippen LogP contribution in [0.3, 0.4) is 0 Å². The minimum atomic E-state index is 0.00704. The van der Waals surface area contributed by atoms with Crippen molar-refractivity contribution < 1.29 is 4.79 Å². The fourth-order valence-corrected chi connectivity index (χ4v) is 2.29. The average Bonchev–Trinajstić information content (AvgIpc) is 2.67. The van der Waals surface area contributed by atoms with E-state index in [2.05, 4.69) is 22.7 Å². The Kier molecular flexibility index (Phi) is 2.04. The van der Waals surface area contributed by atoms with Crippen LogP contribution in [0.2, 0.25) is 0 Å². The Morgan fingerprint density at radius 2 is 2.46 bits per heavy atom. The maximum absolute atomic E-state index is 11.3. The van der Waals surface area contributed by atoms with Crippen molar-refractivity contribution in [2.45, 2.75) is 25.8 Å². The van der Waals surface area contributed by atoms with Crippen LogP contribution in [0, 0.1) is 5.92 Å². The highest BCUT2D eigenvalue weighted by Crippen LogP contribution is 2.31. The molecule has 1 amide bonds. The van der Waals surface area contributed by atoms with Crippen LogP contribution in [0.15, 0.2) is 0 Å². The van der Waals surface area contributed by atoms with Crippen molar-refractivity contribution in [2.24, 2.45) is 5.92 Å². The molecule has 13 heavy (non-hydrogen) atoms. The van der Waals surface area contributed by atoms with Crippen LogP contribution in [-0.4, -0.2) is 36.0 Å². The number of hydrogen-bond donors (Lipinski definition) is 2. The van der Waals surface area contributed by atoms with Gasteiger partial charge in [0.25, 0.3) is 0 Å². The zero-order valence-electron chi connectivity index (χ0n) is 8.26. The molecule has 2 aliphatic heterocycles. The van der Waals surface area contributed by atoms with E-state index in [0.29, 0.717) is 0 Å². The summed E-state index contributed by atoms with van der Waals surface area (Å²) in [6, 6.07) is 0. The van der Waals surface area contributed by atoms with Crippen molar-refractivity contribution in [3.05, 3.63) is 0 Å². The first-order valence-corrected chi connectivity index (χ1v) is 4.97. The molecule has 0 aromatic heterocycles. The van der Waals surface area contributed by atoms with Crippen LogP contribution in [-0.2, 0) is 4.79 Å². The first-order chi connectivity index (χ1) is 6.18. The van der Waals surface area contributed by atoms with Gasteiger partial charge >= 0.3 is 0 Å². The number of nitrogens with one attached hydrogen (secondary N) is 2. The van der Waals surface area contributed by atoms with Crippen molar-refractivity contribution in [1.82, 2.24) is 15.8 Å². The van der Waals surface area contributed by atoms with Gasteiger partial charge in [-0.1, -0.05) is 13.8 Å². The van der Waals surface area contributed by atoms with Crippen LogP contribution in [0.4, 0.5) is 0 Å². The van der Waals surface area contributed by atoms with Gasteiger partial charge in [0.05, 0.1) is 11.5 Å². The normalized spacial score (nSPS) is 40.2. The molecule has 4 heteroatoms. The number of likely N-dealkylation sites (N-methyl/N-ethyl adjacent to an activating group) is 1. The highest BCUT2D eigenvalue weighted by Gasteiger charge is 2.49. The third kappa shape index (κ3) is 1.25. The molecule has 2 N–H and O–H groups in total. The van der Waals surface area contributed by atoms with E-state index in [1.54, 1.807) is 0 Å². The predicted octanol–water partition coefficient (Wildman–Crippen LogP) is -0.279. The molecule has 4 nitrogen and oxygen atoms in total. The highest BCUT2D eigenvalue weighted by molar-refractivity contribution is 5.81. The Labute approximate surface area is 78.6 Å². The standard InChI is InChI=1S/C9H17N3O/c1-3-12-5-4-9(6-12)7(2)8(13)10-11-9/h7,11H,3-6H2,1-2H3,(H,10,13). The van der Waals surface area contributed by atoms with Crippen LogP contribution in [0.5, 0.6) is 0 Å². The molecule has 2 fully saturated rings. The minimum Gasteiger partial charge on any atom is -0.302 e. The van der Waals surface area contributed by atoms with Gasteiger partial charge in [-0.2, -0.15) is 0 Å². The van der Waals surface area contributed by atoms with E-state index in [1.807, 2.05) is 6.92 Å². The summed E-state index contributed by atoms with van der Waals surface area (Å²) in [5.74, 6) is 0.238. The number of likely N-dealkylation sites (tertiary alicyclic amines) is 1. The largest absolute Gasteiger partial charge is 0.302 e. The molecule has 0 aliphatic carbocycles. The lowest BCUT2D eigenvalue weighted by molar-refractivity contribution is -0.122. The third-order valence-electron chi connectivity index (χ3n) is 3.48. The lowest BCUT2D eigenvalue weighted by Gasteiger charge is -2.26. The fourth-order valence-electron chi connectivity index (χ4n) is 2.29. The number of amides is 1. The maximum atomic E-state index is 11.3. The quantitative estimate of drug-likeness (QED) is 0.588. The molecule has 74 valence electrons. The summed E-state index contributed by atoms with van der Waals surface area (Å²) in [6.45, 7) is 7.33. The van der Waals surface area contributed by atoms with Gasteiger partial charge in [0, 0.05) is 13.1 Å². The van der Waals surface area contributed by atoms with Crippen molar-refractivity contribution in [3.8, 4) is 0 Å². The number of nitrogens with zero attached hydrogens (tertiary/aromatic N) is 1. The molecule has 0 radical (unpaired) electrons. The Hall–Kier alpha value is -0.610. The highest BCUT2D eigenvalue weighted by atomic mass is 16.2. The predicted molar refractivity (Wildman–Crippen MR) is 49.9 cm³/mol. The van der Waals surface area contributed by atoms with Gasteiger partial charge in [-0.25, -0.2) is 5.43 Å². The van der Waals surface area contributed by atoms with E-state index < -0.39 is 0 Å². The first kappa shape index (κ1) is 8.97. The van der Waals surface area contributed by atoms with E-state index in [9.17, 15) is 4.79 Å².